The van der Waals surface area contributed by atoms with Gasteiger partial charge in [0.15, 0.2) is 0 Å². The lowest BCUT2D eigenvalue weighted by Gasteiger charge is -2.10. The molecule has 0 aliphatic rings. The molecule has 2 rings (SSSR count). The van der Waals surface area contributed by atoms with Crippen molar-refractivity contribution in [2.75, 3.05) is 6.54 Å². The average Bonchev–Trinajstić information content (AvgIpc) is 2.55. The molecule has 0 fully saturated rings. The molecule has 0 aliphatic heterocycles. The molecule has 6 nitrogen and oxygen atoms in total. The molecule has 0 atom stereocenters. The summed E-state index contributed by atoms with van der Waals surface area (Å²) in [7, 11) is -3.89. The van der Waals surface area contributed by atoms with Crippen LogP contribution in [-0.4, -0.2) is 25.9 Å². The number of nitrogens with one attached hydrogen (secondary N) is 2. The number of aromatic hydroxyl groups is 1. The van der Waals surface area contributed by atoms with E-state index in [1.807, 2.05) is 24.3 Å². The van der Waals surface area contributed by atoms with Crippen molar-refractivity contribution in [3.05, 3.63) is 59.2 Å². The highest BCUT2D eigenvalue weighted by molar-refractivity contribution is 7.89. The normalized spacial score (nSPS) is 11.2. The third kappa shape index (κ3) is 5.45. The minimum absolute atomic E-state index is 0. The molecule has 0 spiro atoms. The summed E-state index contributed by atoms with van der Waals surface area (Å²) in [4.78, 5) is -0.282. The Morgan fingerprint density at radius 1 is 1.19 bits per heavy atom. The van der Waals surface area contributed by atoms with Crippen LogP contribution in [0.25, 0.3) is 0 Å². The number of phenolic OH excluding ortho intramolecular Hbond substituents is 1. The van der Waals surface area contributed by atoms with Crippen LogP contribution in [0.1, 0.15) is 36.5 Å². The maximum absolute atomic E-state index is 12.4. The Morgan fingerprint density at radius 2 is 1.81 bits per heavy atom. The van der Waals surface area contributed by atoms with E-state index in [0.29, 0.717) is 12.3 Å². The molecule has 0 heterocycles. The lowest BCUT2D eigenvalue weighted by atomic mass is 10.0. The van der Waals surface area contributed by atoms with Gasteiger partial charge in [-0.05, 0) is 41.7 Å². The van der Waals surface area contributed by atoms with Crippen molar-refractivity contribution in [2.45, 2.75) is 31.1 Å². The monoisotopic (exact) mass is 397 g/mol. The minimum Gasteiger partial charge on any atom is -0.507 e. The average molecular weight is 398 g/mol. The predicted octanol–water partition coefficient (Wildman–Crippen LogP) is 2.74. The summed E-state index contributed by atoms with van der Waals surface area (Å²) in [6.45, 7) is 4.43. The van der Waals surface area contributed by atoms with Gasteiger partial charge >= 0.3 is 0 Å². The molecule has 0 amide bonds. The van der Waals surface area contributed by atoms with E-state index in [9.17, 15) is 13.5 Å². The number of rotatable bonds is 7. The van der Waals surface area contributed by atoms with Crippen molar-refractivity contribution >= 4 is 28.3 Å². The second-order valence-corrected chi connectivity index (χ2v) is 7.88. The number of hydrogen-bond donors (Lipinski definition) is 4. The van der Waals surface area contributed by atoms with Gasteiger partial charge in [0.1, 0.15) is 16.5 Å². The molecule has 2 aromatic rings. The Bertz CT molecular complexity index is 866. The van der Waals surface area contributed by atoms with Gasteiger partial charge in [-0.2, -0.15) is 0 Å². The molecular weight excluding hydrogens is 374 g/mol. The lowest BCUT2D eigenvalue weighted by molar-refractivity contribution is 0.458. The summed E-state index contributed by atoms with van der Waals surface area (Å²) in [5.41, 5.74) is 7.86. The number of sulfonamides is 1. The first-order valence-corrected chi connectivity index (χ1v) is 9.45. The maximum Gasteiger partial charge on any atom is 0.244 e. The van der Waals surface area contributed by atoms with Crippen molar-refractivity contribution < 1.29 is 13.5 Å². The van der Waals surface area contributed by atoms with Crippen molar-refractivity contribution in [2.24, 2.45) is 5.73 Å². The molecule has 0 saturated carbocycles. The van der Waals surface area contributed by atoms with Crippen LogP contribution < -0.4 is 10.5 Å². The van der Waals surface area contributed by atoms with E-state index in [1.165, 1.54) is 23.8 Å². The number of nitrogens with two attached hydrogens (primary N) is 1. The molecule has 0 aromatic heterocycles. The fourth-order valence-corrected chi connectivity index (χ4v) is 3.53. The molecule has 5 N–H and O–H groups in total. The fourth-order valence-electron chi connectivity index (χ4n) is 2.37. The molecule has 2 aromatic carbocycles. The summed E-state index contributed by atoms with van der Waals surface area (Å²) in [6, 6.07) is 11.8. The SMILES string of the molecule is CC(C)c1ccc(CCNS(=O)(=O)c2cc(C(=N)N)ccc2O)cc1.Cl. The van der Waals surface area contributed by atoms with Gasteiger partial charge in [-0.25, -0.2) is 13.1 Å². The van der Waals surface area contributed by atoms with E-state index in [0.717, 1.165) is 5.56 Å². The number of phenols is 1. The first kappa shape index (κ1) is 22.0. The van der Waals surface area contributed by atoms with E-state index in [-0.39, 0.29) is 41.0 Å². The largest absolute Gasteiger partial charge is 0.507 e. The highest BCUT2D eigenvalue weighted by Gasteiger charge is 2.19. The van der Waals surface area contributed by atoms with Crippen molar-refractivity contribution in [3.8, 4) is 5.75 Å². The zero-order valence-electron chi connectivity index (χ0n) is 14.7. The standard InChI is InChI=1S/C18H23N3O3S.ClH/c1-12(2)14-5-3-13(4-6-14)9-10-21-25(23,24)17-11-15(18(19)20)7-8-16(17)22;/h3-8,11-12,21-22H,9-10H2,1-2H3,(H3,19,20);1H. The molecular formula is C18H24ClN3O3S. The van der Waals surface area contributed by atoms with Crippen LogP contribution in [-0.2, 0) is 16.4 Å². The van der Waals surface area contributed by atoms with Crippen LogP contribution in [0.3, 0.4) is 0 Å². The molecule has 0 radical (unpaired) electrons. The second-order valence-electron chi connectivity index (χ2n) is 6.14. The first-order chi connectivity index (χ1) is 11.7. The number of nitrogen functional groups attached to an aromatic ring is 1. The van der Waals surface area contributed by atoms with Gasteiger partial charge in [0.2, 0.25) is 10.0 Å². The number of halogens is 1. The van der Waals surface area contributed by atoms with Gasteiger partial charge < -0.3 is 10.8 Å². The van der Waals surface area contributed by atoms with Gasteiger partial charge in [0.25, 0.3) is 0 Å². The molecule has 0 saturated heterocycles. The van der Waals surface area contributed by atoms with Gasteiger partial charge in [-0.3, -0.25) is 5.41 Å². The van der Waals surface area contributed by atoms with E-state index >= 15 is 0 Å². The van der Waals surface area contributed by atoms with Crippen LogP contribution >= 0.6 is 12.4 Å². The van der Waals surface area contributed by atoms with Crippen molar-refractivity contribution in [3.63, 3.8) is 0 Å². The zero-order valence-corrected chi connectivity index (χ0v) is 16.3. The zero-order chi connectivity index (χ0) is 18.6. The van der Waals surface area contributed by atoms with E-state index in [2.05, 4.69) is 18.6 Å². The van der Waals surface area contributed by atoms with Gasteiger partial charge in [0, 0.05) is 12.1 Å². The minimum atomic E-state index is -3.89. The molecule has 142 valence electrons. The van der Waals surface area contributed by atoms with Crippen LogP contribution in [0, 0.1) is 5.41 Å². The summed E-state index contributed by atoms with van der Waals surface area (Å²) < 4.78 is 27.2. The van der Waals surface area contributed by atoms with E-state index < -0.39 is 10.0 Å². The Hall–Kier alpha value is -2.09. The molecule has 8 heteroatoms. The Labute approximate surface area is 160 Å². The quantitative estimate of drug-likeness (QED) is 0.424. The van der Waals surface area contributed by atoms with Gasteiger partial charge in [-0.1, -0.05) is 38.1 Å². The van der Waals surface area contributed by atoms with Gasteiger partial charge in [0.05, 0.1) is 0 Å². The third-order valence-electron chi connectivity index (χ3n) is 3.91. The topological polar surface area (TPSA) is 116 Å². The maximum atomic E-state index is 12.4. The van der Waals surface area contributed by atoms with E-state index in [1.54, 1.807) is 0 Å². The predicted molar refractivity (Wildman–Crippen MR) is 106 cm³/mol. The Morgan fingerprint density at radius 3 is 2.35 bits per heavy atom. The smallest absolute Gasteiger partial charge is 0.244 e. The lowest BCUT2D eigenvalue weighted by Crippen LogP contribution is -2.26. The number of benzene rings is 2. The summed E-state index contributed by atoms with van der Waals surface area (Å²) in [6.07, 6.45) is 0.533. The van der Waals surface area contributed by atoms with Gasteiger partial charge in [-0.15, -0.1) is 12.4 Å². The summed E-state index contributed by atoms with van der Waals surface area (Å²) >= 11 is 0. The number of hydrogen-bond acceptors (Lipinski definition) is 4. The first-order valence-electron chi connectivity index (χ1n) is 7.96. The fraction of sp³-hybridized carbons (Fsp3) is 0.278. The van der Waals surface area contributed by atoms with Crippen LogP contribution in [0.2, 0.25) is 0 Å². The second kappa shape index (κ2) is 9.02. The van der Waals surface area contributed by atoms with Crippen molar-refractivity contribution in [1.29, 1.82) is 5.41 Å². The number of amidine groups is 1. The summed E-state index contributed by atoms with van der Waals surface area (Å²) in [5, 5.41) is 17.2. The van der Waals surface area contributed by atoms with Crippen LogP contribution in [0.15, 0.2) is 47.4 Å². The highest BCUT2D eigenvalue weighted by Crippen LogP contribution is 2.23. The third-order valence-corrected chi connectivity index (χ3v) is 5.40. The molecule has 0 bridgehead atoms. The highest BCUT2D eigenvalue weighted by atomic mass is 35.5. The van der Waals surface area contributed by atoms with Crippen molar-refractivity contribution in [1.82, 2.24) is 4.72 Å². The summed E-state index contributed by atoms with van der Waals surface area (Å²) in [5.74, 6) is -0.190. The van der Waals surface area contributed by atoms with E-state index in [4.69, 9.17) is 11.1 Å². The Kier molecular flexibility index (Phi) is 7.62. The van der Waals surface area contributed by atoms with Crippen LogP contribution in [0.5, 0.6) is 5.75 Å². The molecule has 0 unspecified atom stereocenters. The Balaban J connectivity index is 0.00000338. The molecule has 0 aliphatic carbocycles. The molecule has 26 heavy (non-hydrogen) atoms. The van der Waals surface area contributed by atoms with Crippen LogP contribution in [0.4, 0.5) is 0 Å².